The first-order valence-corrected chi connectivity index (χ1v) is 10.7. The van der Waals surface area contributed by atoms with E-state index in [0.29, 0.717) is 23.6 Å². The van der Waals surface area contributed by atoms with E-state index in [0.717, 1.165) is 16.3 Å². The molecule has 158 valence electrons. The van der Waals surface area contributed by atoms with Gasteiger partial charge in [-0.2, -0.15) is 0 Å². The first-order chi connectivity index (χ1) is 15.1. The summed E-state index contributed by atoms with van der Waals surface area (Å²) in [5.41, 5.74) is 2.78. The Morgan fingerprint density at radius 1 is 1.23 bits per heavy atom. The third-order valence-electron chi connectivity index (χ3n) is 4.59. The van der Waals surface area contributed by atoms with Crippen molar-refractivity contribution in [1.82, 2.24) is 19.9 Å². The van der Waals surface area contributed by atoms with Gasteiger partial charge < -0.3 is 14.6 Å². The Morgan fingerprint density at radius 3 is 2.77 bits per heavy atom. The van der Waals surface area contributed by atoms with Crippen LogP contribution in [0.3, 0.4) is 0 Å². The van der Waals surface area contributed by atoms with Gasteiger partial charge >= 0.3 is 0 Å². The molecule has 6 nitrogen and oxygen atoms in total. The predicted octanol–water partition coefficient (Wildman–Crippen LogP) is 4.39. The number of nitrogens with one attached hydrogen (secondary N) is 1. The fourth-order valence-electron chi connectivity index (χ4n) is 3.08. The molecule has 1 N–H and O–H groups in total. The van der Waals surface area contributed by atoms with Gasteiger partial charge in [-0.25, -0.2) is 14.4 Å². The molecule has 0 aliphatic heterocycles. The summed E-state index contributed by atoms with van der Waals surface area (Å²) >= 11 is 1.49. The van der Waals surface area contributed by atoms with E-state index < -0.39 is 0 Å². The molecule has 0 saturated carbocycles. The van der Waals surface area contributed by atoms with Crippen LogP contribution in [0.2, 0.25) is 0 Å². The number of amides is 1. The number of nitrogens with zero attached hydrogens (tertiary/aromatic N) is 3. The van der Waals surface area contributed by atoms with Crippen molar-refractivity contribution in [3.63, 3.8) is 0 Å². The van der Waals surface area contributed by atoms with Crippen molar-refractivity contribution < 1.29 is 13.9 Å². The number of ether oxygens (including phenoxy) is 1. The second kappa shape index (κ2) is 9.53. The van der Waals surface area contributed by atoms with Crippen LogP contribution in [0.25, 0.3) is 16.3 Å². The molecule has 4 aromatic rings. The van der Waals surface area contributed by atoms with Gasteiger partial charge in [-0.05, 0) is 48.9 Å². The van der Waals surface area contributed by atoms with Crippen molar-refractivity contribution in [3.8, 4) is 22.0 Å². The van der Waals surface area contributed by atoms with Crippen molar-refractivity contribution in [2.45, 2.75) is 19.9 Å². The van der Waals surface area contributed by atoms with Crippen LogP contribution in [-0.2, 0) is 17.8 Å². The summed E-state index contributed by atoms with van der Waals surface area (Å²) in [6.45, 7) is 2.81. The first kappa shape index (κ1) is 20.7. The molecule has 0 saturated heterocycles. The van der Waals surface area contributed by atoms with Crippen molar-refractivity contribution in [3.05, 3.63) is 83.6 Å². The maximum Gasteiger partial charge on any atom is 0.226 e. The smallest absolute Gasteiger partial charge is 0.226 e. The average Bonchev–Trinajstić information content (AvgIpc) is 3.46. The number of aromatic nitrogens is 3. The summed E-state index contributed by atoms with van der Waals surface area (Å²) in [5.74, 6) is 0.281. The Labute approximate surface area is 183 Å². The lowest BCUT2D eigenvalue weighted by atomic mass is 10.2. The number of hydrogen-bond acceptors (Lipinski definition) is 5. The van der Waals surface area contributed by atoms with Crippen molar-refractivity contribution >= 4 is 17.2 Å². The van der Waals surface area contributed by atoms with Gasteiger partial charge in [-0.15, -0.1) is 11.3 Å². The minimum absolute atomic E-state index is 0.164. The van der Waals surface area contributed by atoms with Crippen LogP contribution in [0.15, 0.2) is 66.6 Å². The maximum absolute atomic E-state index is 14.3. The quantitative estimate of drug-likeness (QED) is 0.445. The molecule has 0 atom stereocenters. The molecule has 0 unspecified atom stereocenters. The van der Waals surface area contributed by atoms with Gasteiger partial charge in [0.05, 0.1) is 30.7 Å². The van der Waals surface area contributed by atoms with Crippen molar-refractivity contribution in [2.24, 2.45) is 0 Å². The molecule has 1 amide bonds. The number of halogens is 1. The molecule has 4 rings (SSSR count). The molecule has 2 aromatic carbocycles. The predicted molar refractivity (Wildman–Crippen MR) is 118 cm³/mol. The van der Waals surface area contributed by atoms with Crippen LogP contribution in [0.5, 0.6) is 5.75 Å². The van der Waals surface area contributed by atoms with Gasteiger partial charge in [-0.3, -0.25) is 4.79 Å². The molecule has 0 aliphatic carbocycles. The molecule has 0 fully saturated rings. The number of carbonyl (C=O) groups is 1. The second-order valence-corrected chi connectivity index (χ2v) is 7.67. The first-order valence-electron chi connectivity index (χ1n) is 9.83. The third kappa shape index (κ3) is 5.16. The van der Waals surface area contributed by atoms with Crippen LogP contribution in [0.4, 0.5) is 4.39 Å². The van der Waals surface area contributed by atoms with Crippen LogP contribution < -0.4 is 10.1 Å². The van der Waals surface area contributed by atoms with Gasteiger partial charge in [0.25, 0.3) is 0 Å². The molecular formula is C23H21FN4O2S. The van der Waals surface area contributed by atoms with E-state index in [9.17, 15) is 9.18 Å². The number of imidazole rings is 1. The Morgan fingerprint density at radius 2 is 2.06 bits per heavy atom. The molecule has 0 bridgehead atoms. The lowest BCUT2D eigenvalue weighted by molar-refractivity contribution is -0.120. The monoisotopic (exact) mass is 436 g/mol. The number of rotatable bonds is 8. The fourth-order valence-corrected chi connectivity index (χ4v) is 3.91. The van der Waals surface area contributed by atoms with Crippen LogP contribution in [0, 0.1) is 5.82 Å². The third-order valence-corrected chi connectivity index (χ3v) is 5.53. The zero-order valence-electron chi connectivity index (χ0n) is 16.9. The Kier molecular flexibility index (Phi) is 6.37. The summed E-state index contributed by atoms with van der Waals surface area (Å²) in [4.78, 5) is 20.8. The lowest BCUT2D eigenvalue weighted by Gasteiger charge is -2.08. The summed E-state index contributed by atoms with van der Waals surface area (Å²) in [5, 5.41) is 5.55. The second-order valence-electron chi connectivity index (χ2n) is 6.81. The lowest BCUT2D eigenvalue weighted by Crippen LogP contribution is -2.24. The van der Waals surface area contributed by atoms with Crippen LogP contribution in [-0.4, -0.2) is 27.0 Å². The van der Waals surface area contributed by atoms with Gasteiger partial charge in [0.15, 0.2) is 0 Å². The van der Waals surface area contributed by atoms with Crippen molar-refractivity contribution in [1.29, 1.82) is 0 Å². The summed E-state index contributed by atoms with van der Waals surface area (Å²) < 4.78 is 21.4. The van der Waals surface area contributed by atoms with Crippen LogP contribution >= 0.6 is 11.3 Å². The Bertz CT molecular complexity index is 1160. The van der Waals surface area contributed by atoms with E-state index in [4.69, 9.17) is 4.74 Å². The number of hydrogen-bond donors (Lipinski definition) is 1. The SMILES string of the molecule is CCOc1ccc(-c2nc(CC(=O)NCc3ccc(-n4ccnc4)c(F)c3)cs2)cc1. The molecule has 2 aromatic heterocycles. The summed E-state index contributed by atoms with van der Waals surface area (Å²) in [6, 6.07) is 12.6. The van der Waals surface area contributed by atoms with E-state index in [-0.39, 0.29) is 24.7 Å². The van der Waals surface area contributed by atoms with E-state index in [1.165, 1.54) is 23.7 Å². The largest absolute Gasteiger partial charge is 0.494 e. The highest BCUT2D eigenvalue weighted by molar-refractivity contribution is 7.13. The molecular weight excluding hydrogens is 415 g/mol. The highest BCUT2D eigenvalue weighted by Gasteiger charge is 2.11. The number of benzene rings is 2. The fraction of sp³-hybridized carbons (Fsp3) is 0.174. The van der Waals surface area contributed by atoms with Gasteiger partial charge in [0, 0.05) is 29.9 Å². The number of thiazole rings is 1. The molecule has 31 heavy (non-hydrogen) atoms. The Balaban J connectivity index is 1.33. The average molecular weight is 437 g/mol. The molecule has 0 aliphatic rings. The normalized spacial score (nSPS) is 10.8. The number of carbonyl (C=O) groups excluding carboxylic acids is 1. The molecule has 0 spiro atoms. The zero-order valence-corrected chi connectivity index (χ0v) is 17.7. The summed E-state index contributed by atoms with van der Waals surface area (Å²) in [6.07, 6.45) is 4.97. The minimum atomic E-state index is -0.371. The van der Waals surface area contributed by atoms with Gasteiger partial charge in [-0.1, -0.05) is 6.07 Å². The van der Waals surface area contributed by atoms with E-state index in [2.05, 4.69) is 15.3 Å². The molecule has 0 radical (unpaired) electrons. The Hall–Kier alpha value is -3.52. The van der Waals surface area contributed by atoms with Gasteiger partial charge in [0.1, 0.15) is 16.6 Å². The molecule has 2 heterocycles. The van der Waals surface area contributed by atoms with Gasteiger partial charge in [0.2, 0.25) is 5.91 Å². The highest BCUT2D eigenvalue weighted by Crippen LogP contribution is 2.26. The maximum atomic E-state index is 14.3. The topological polar surface area (TPSA) is 69.0 Å². The van der Waals surface area contributed by atoms with E-state index >= 15 is 0 Å². The van der Waals surface area contributed by atoms with Crippen LogP contribution in [0.1, 0.15) is 18.2 Å². The van der Waals surface area contributed by atoms with E-state index in [1.807, 2.05) is 36.6 Å². The van der Waals surface area contributed by atoms with Crippen molar-refractivity contribution in [2.75, 3.05) is 6.61 Å². The minimum Gasteiger partial charge on any atom is -0.494 e. The summed E-state index contributed by atoms with van der Waals surface area (Å²) in [7, 11) is 0. The standard InChI is InChI=1S/C23H21FN4O2S/c1-2-30-19-6-4-17(5-7-19)23-27-18(14-31-23)12-22(29)26-13-16-3-8-21(20(24)11-16)28-10-9-25-15-28/h3-11,14-15H,2,12-13H2,1H3,(H,26,29). The zero-order chi connectivity index (χ0) is 21.6. The highest BCUT2D eigenvalue weighted by atomic mass is 32.1. The molecule has 8 heteroatoms. The van der Waals surface area contributed by atoms with E-state index in [1.54, 1.807) is 29.1 Å².